The van der Waals surface area contributed by atoms with E-state index in [0.717, 1.165) is 12.1 Å². The van der Waals surface area contributed by atoms with Gasteiger partial charge in [0.25, 0.3) is 0 Å². The number of hydrogen-bond acceptors (Lipinski definition) is 1. The zero-order chi connectivity index (χ0) is 13.4. The van der Waals surface area contributed by atoms with Gasteiger partial charge in [0.1, 0.15) is 5.82 Å². The Morgan fingerprint density at radius 2 is 1.71 bits per heavy atom. The molecule has 2 N–H and O–H groups in total. The molecule has 1 rings (SSSR count). The maximum Gasteiger partial charge on any atom is 0.419 e. The van der Waals surface area contributed by atoms with Crippen LogP contribution in [0.4, 0.5) is 17.6 Å². The van der Waals surface area contributed by atoms with Gasteiger partial charge in [-0.15, -0.1) is 0 Å². The predicted molar refractivity (Wildman–Crippen MR) is 57.8 cm³/mol. The molecule has 96 valence electrons. The van der Waals surface area contributed by atoms with E-state index < -0.39 is 23.1 Å². The molecule has 0 aromatic heterocycles. The molecular formula is C12H15F4N. The molecule has 0 radical (unpaired) electrons. The van der Waals surface area contributed by atoms with Crippen LogP contribution in [0.3, 0.4) is 0 Å². The third kappa shape index (κ3) is 2.77. The highest BCUT2D eigenvalue weighted by molar-refractivity contribution is 5.31. The minimum Gasteiger partial charge on any atom is -0.321 e. The zero-order valence-corrected chi connectivity index (χ0v) is 9.90. The summed E-state index contributed by atoms with van der Waals surface area (Å²) in [6.45, 7) is 5.32. The van der Waals surface area contributed by atoms with E-state index in [1.165, 1.54) is 6.07 Å². The van der Waals surface area contributed by atoms with Gasteiger partial charge in [-0.2, -0.15) is 13.2 Å². The highest BCUT2D eigenvalue weighted by Gasteiger charge is 2.35. The van der Waals surface area contributed by atoms with Crippen LogP contribution >= 0.6 is 0 Å². The zero-order valence-electron chi connectivity index (χ0n) is 9.90. The van der Waals surface area contributed by atoms with Crippen LogP contribution in [0.15, 0.2) is 18.2 Å². The van der Waals surface area contributed by atoms with E-state index in [1.807, 2.05) is 13.8 Å². The van der Waals surface area contributed by atoms with Crippen molar-refractivity contribution in [3.63, 3.8) is 0 Å². The van der Waals surface area contributed by atoms with Gasteiger partial charge in [-0.1, -0.05) is 19.9 Å². The molecule has 1 atom stereocenters. The Labute approximate surface area is 97.6 Å². The molecule has 0 aliphatic heterocycles. The number of benzene rings is 1. The normalized spacial score (nSPS) is 16.1. The Balaban J connectivity index is 3.23. The molecule has 1 aromatic rings. The van der Waals surface area contributed by atoms with Gasteiger partial charge in [-0.3, -0.25) is 0 Å². The van der Waals surface area contributed by atoms with Crippen molar-refractivity contribution in [2.24, 2.45) is 11.7 Å². The number of rotatable bonds is 2. The summed E-state index contributed by atoms with van der Waals surface area (Å²) < 4.78 is 50.5. The van der Waals surface area contributed by atoms with Crippen molar-refractivity contribution < 1.29 is 17.6 Å². The molecule has 1 unspecified atom stereocenters. The van der Waals surface area contributed by atoms with Crippen LogP contribution in [0, 0.1) is 11.7 Å². The third-order valence-corrected chi connectivity index (χ3v) is 3.10. The number of hydrogen-bond donors (Lipinski definition) is 1. The van der Waals surface area contributed by atoms with Crippen LogP contribution < -0.4 is 5.73 Å². The maximum atomic E-state index is 13.4. The van der Waals surface area contributed by atoms with Crippen LogP contribution in [-0.4, -0.2) is 0 Å². The summed E-state index contributed by atoms with van der Waals surface area (Å²) in [5, 5.41) is 0. The van der Waals surface area contributed by atoms with Crippen LogP contribution in [0.25, 0.3) is 0 Å². The number of halogens is 4. The van der Waals surface area contributed by atoms with E-state index in [0.29, 0.717) is 5.56 Å². The average molecular weight is 249 g/mol. The standard InChI is InChI=1S/C12H15F4N/c1-7(2)11(3,17)8-4-5-9(10(13)6-8)12(14,15)16/h4-7H,17H2,1-3H3. The molecule has 0 heterocycles. The lowest BCUT2D eigenvalue weighted by Gasteiger charge is -2.30. The lowest BCUT2D eigenvalue weighted by Crippen LogP contribution is -2.38. The van der Waals surface area contributed by atoms with Crippen molar-refractivity contribution in [1.82, 2.24) is 0 Å². The average Bonchev–Trinajstić information content (AvgIpc) is 2.15. The number of alkyl halides is 3. The Hall–Kier alpha value is -1.10. The van der Waals surface area contributed by atoms with E-state index in [1.54, 1.807) is 6.92 Å². The molecule has 0 aliphatic carbocycles. The molecule has 0 bridgehead atoms. The van der Waals surface area contributed by atoms with Gasteiger partial charge in [0, 0.05) is 5.54 Å². The molecule has 0 amide bonds. The summed E-state index contributed by atoms with van der Waals surface area (Å²) in [7, 11) is 0. The molecule has 17 heavy (non-hydrogen) atoms. The first-order valence-electron chi connectivity index (χ1n) is 5.23. The van der Waals surface area contributed by atoms with Crippen LogP contribution in [-0.2, 0) is 11.7 Å². The summed E-state index contributed by atoms with van der Waals surface area (Å²) in [5.74, 6) is -1.30. The molecule has 1 nitrogen and oxygen atoms in total. The summed E-state index contributed by atoms with van der Waals surface area (Å²) in [6.07, 6.45) is -4.68. The molecule has 5 heteroatoms. The minimum atomic E-state index is -4.68. The second-order valence-electron chi connectivity index (χ2n) is 4.63. The second-order valence-corrected chi connectivity index (χ2v) is 4.63. The first-order chi connectivity index (χ1) is 7.56. The van der Waals surface area contributed by atoms with Crippen LogP contribution in [0.2, 0.25) is 0 Å². The fourth-order valence-corrected chi connectivity index (χ4v) is 1.41. The Morgan fingerprint density at radius 1 is 1.18 bits per heavy atom. The quantitative estimate of drug-likeness (QED) is 0.795. The van der Waals surface area contributed by atoms with Gasteiger partial charge >= 0.3 is 6.18 Å². The van der Waals surface area contributed by atoms with Crippen LogP contribution in [0.1, 0.15) is 31.9 Å². The lowest BCUT2D eigenvalue weighted by atomic mass is 9.82. The van der Waals surface area contributed by atoms with Crippen molar-refractivity contribution in [2.75, 3.05) is 0 Å². The fourth-order valence-electron chi connectivity index (χ4n) is 1.41. The minimum absolute atomic E-state index is 0.0152. The van der Waals surface area contributed by atoms with E-state index in [2.05, 4.69) is 0 Å². The van der Waals surface area contributed by atoms with E-state index in [9.17, 15) is 17.6 Å². The number of nitrogens with two attached hydrogens (primary N) is 1. The van der Waals surface area contributed by atoms with Gasteiger partial charge in [-0.25, -0.2) is 4.39 Å². The molecule has 0 saturated carbocycles. The van der Waals surface area contributed by atoms with Crippen molar-refractivity contribution in [2.45, 2.75) is 32.5 Å². The molecule has 1 aromatic carbocycles. The summed E-state index contributed by atoms with van der Waals surface area (Å²) in [5.41, 5.74) is 4.20. The summed E-state index contributed by atoms with van der Waals surface area (Å²) in [6, 6.07) is 2.83. The van der Waals surface area contributed by atoms with Crippen molar-refractivity contribution in [3.05, 3.63) is 35.1 Å². The van der Waals surface area contributed by atoms with E-state index in [4.69, 9.17) is 5.73 Å². The lowest BCUT2D eigenvalue weighted by molar-refractivity contribution is -0.140. The second kappa shape index (κ2) is 4.29. The monoisotopic (exact) mass is 249 g/mol. The van der Waals surface area contributed by atoms with Gasteiger partial charge in [0.15, 0.2) is 0 Å². The topological polar surface area (TPSA) is 26.0 Å². The smallest absolute Gasteiger partial charge is 0.321 e. The molecule has 0 fully saturated rings. The summed E-state index contributed by atoms with van der Waals surface area (Å²) >= 11 is 0. The largest absolute Gasteiger partial charge is 0.419 e. The fraction of sp³-hybridized carbons (Fsp3) is 0.500. The molecule has 0 spiro atoms. The predicted octanol–water partition coefficient (Wildman–Crippen LogP) is 3.67. The SMILES string of the molecule is CC(C)C(C)(N)c1ccc(C(F)(F)F)c(F)c1. The van der Waals surface area contributed by atoms with Crippen molar-refractivity contribution >= 4 is 0 Å². The molecular weight excluding hydrogens is 234 g/mol. The van der Waals surface area contributed by atoms with Gasteiger partial charge in [-0.05, 0) is 30.5 Å². The Kier molecular flexibility index (Phi) is 3.52. The van der Waals surface area contributed by atoms with Gasteiger partial charge in [0.05, 0.1) is 5.56 Å². The van der Waals surface area contributed by atoms with Crippen molar-refractivity contribution in [3.8, 4) is 0 Å². The third-order valence-electron chi connectivity index (χ3n) is 3.10. The van der Waals surface area contributed by atoms with Crippen molar-refractivity contribution in [1.29, 1.82) is 0 Å². The molecule has 0 aliphatic rings. The first-order valence-corrected chi connectivity index (χ1v) is 5.23. The molecule has 0 saturated heterocycles. The van der Waals surface area contributed by atoms with Crippen LogP contribution in [0.5, 0.6) is 0 Å². The highest BCUT2D eigenvalue weighted by Crippen LogP contribution is 2.34. The highest BCUT2D eigenvalue weighted by atomic mass is 19.4. The van der Waals surface area contributed by atoms with Gasteiger partial charge in [0.2, 0.25) is 0 Å². The summed E-state index contributed by atoms with van der Waals surface area (Å²) in [4.78, 5) is 0. The van der Waals surface area contributed by atoms with E-state index >= 15 is 0 Å². The maximum absolute atomic E-state index is 13.4. The van der Waals surface area contributed by atoms with E-state index in [-0.39, 0.29) is 5.92 Å². The van der Waals surface area contributed by atoms with Gasteiger partial charge < -0.3 is 5.73 Å². The first kappa shape index (κ1) is 14.0. The Morgan fingerprint density at radius 3 is 2.06 bits per heavy atom. The Bertz CT molecular complexity index is 407.